The number of nitrogens with zero attached hydrogens (tertiary/aromatic N) is 2. The number of hydrogen-bond acceptors (Lipinski definition) is 6. The third-order valence-corrected chi connectivity index (χ3v) is 8.42. The Morgan fingerprint density at radius 3 is 2.46 bits per heavy atom. The van der Waals surface area contributed by atoms with E-state index < -0.39 is 56.7 Å². The second-order valence-corrected chi connectivity index (χ2v) is 12.8. The maximum atomic E-state index is 14.2. The summed E-state index contributed by atoms with van der Waals surface area (Å²) in [6, 6.07) is 5.76. The monoisotopic (exact) mass is 539 g/mol. The van der Waals surface area contributed by atoms with E-state index in [1.54, 1.807) is 32.9 Å². The lowest BCUT2D eigenvalue weighted by atomic mass is 9.85. The molecule has 2 aliphatic heterocycles. The van der Waals surface area contributed by atoms with Gasteiger partial charge in [-0.05, 0) is 57.4 Å². The van der Waals surface area contributed by atoms with Crippen molar-refractivity contribution >= 4 is 33.2 Å². The molecule has 0 radical (unpaired) electrons. The Kier molecular flexibility index (Phi) is 6.54. The first-order valence-electron chi connectivity index (χ1n) is 11.7. The number of carbonyl (C=O) groups excluding carboxylic acids is 2. The molecule has 1 aromatic carbocycles. The lowest BCUT2D eigenvalue weighted by Crippen LogP contribution is -2.50. The van der Waals surface area contributed by atoms with Crippen LogP contribution in [0.5, 0.6) is 5.75 Å². The van der Waals surface area contributed by atoms with Crippen LogP contribution in [-0.4, -0.2) is 54.8 Å². The van der Waals surface area contributed by atoms with E-state index in [2.05, 4.69) is 10.3 Å². The average molecular weight is 540 g/mol. The number of sulfone groups is 1. The van der Waals surface area contributed by atoms with Crippen molar-refractivity contribution in [2.24, 2.45) is 0 Å². The Morgan fingerprint density at radius 2 is 1.84 bits per heavy atom. The Labute approximate surface area is 213 Å². The molecule has 0 atom stereocenters. The van der Waals surface area contributed by atoms with Gasteiger partial charge in [0.05, 0.1) is 28.8 Å². The third-order valence-electron chi connectivity index (χ3n) is 6.77. The Bertz CT molecular complexity index is 1360. The summed E-state index contributed by atoms with van der Waals surface area (Å²) < 4.78 is 69.1. The molecule has 1 saturated heterocycles. The third kappa shape index (κ3) is 5.43. The minimum atomic E-state index is -3.19. The minimum absolute atomic E-state index is 0.00324. The fraction of sp³-hybridized carbons (Fsp3) is 0.480. The van der Waals surface area contributed by atoms with E-state index in [9.17, 15) is 31.2 Å². The number of alkyl halides is 2. The van der Waals surface area contributed by atoms with E-state index in [-0.39, 0.29) is 22.9 Å². The maximum absolute atomic E-state index is 14.2. The molecule has 1 N–H and O–H groups in total. The molecule has 4 rings (SSSR count). The van der Waals surface area contributed by atoms with Crippen LogP contribution in [0.15, 0.2) is 30.5 Å². The van der Waals surface area contributed by atoms with Crippen LogP contribution in [0, 0.1) is 5.82 Å². The highest BCUT2D eigenvalue weighted by molar-refractivity contribution is 7.91. The quantitative estimate of drug-likeness (QED) is 0.597. The van der Waals surface area contributed by atoms with Crippen molar-refractivity contribution < 1.29 is 35.9 Å². The molecule has 0 saturated carbocycles. The van der Waals surface area contributed by atoms with Crippen LogP contribution >= 0.6 is 0 Å². The molecule has 3 heterocycles. The molecule has 8 nitrogen and oxygen atoms in total. The number of hydrogen-bond donors (Lipinski definition) is 1. The number of nitrogens with one attached hydrogen (secondary N) is 1. The number of halogens is 3. The lowest BCUT2D eigenvalue weighted by Gasteiger charge is -2.34. The predicted octanol–water partition coefficient (Wildman–Crippen LogP) is 3.91. The van der Waals surface area contributed by atoms with E-state index in [4.69, 9.17) is 4.74 Å². The van der Waals surface area contributed by atoms with Crippen LogP contribution in [0.2, 0.25) is 0 Å². The van der Waals surface area contributed by atoms with Gasteiger partial charge < -0.3 is 10.1 Å². The van der Waals surface area contributed by atoms with Crippen molar-refractivity contribution in [1.82, 2.24) is 10.3 Å². The molecule has 200 valence electrons. The van der Waals surface area contributed by atoms with Crippen LogP contribution in [0.3, 0.4) is 0 Å². The predicted molar refractivity (Wildman–Crippen MR) is 131 cm³/mol. The fourth-order valence-electron chi connectivity index (χ4n) is 4.41. The van der Waals surface area contributed by atoms with E-state index >= 15 is 0 Å². The lowest BCUT2D eigenvalue weighted by molar-refractivity contribution is -0.121. The summed E-state index contributed by atoms with van der Waals surface area (Å²) >= 11 is 0. The highest BCUT2D eigenvalue weighted by Crippen LogP contribution is 2.46. The van der Waals surface area contributed by atoms with Crippen LogP contribution in [0.25, 0.3) is 0 Å². The standard InChI is InChI=1S/C25H28F3N3O5S/c1-23(2)16-11-15(21(32)30-24(3)7-9-37(34,35)10-8-24)5-6-18(16)31(22(23)33)20-12-19(17(26)13-29-20)36-14-25(4,27)28/h5-6,11-13H,7-10,14H2,1-4H3,(H,30,32). The van der Waals surface area contributed by atoms with Gasteiger partial charge in [-0.3, -0.25) is 14.5 Å². The van der Waals surface area contributed by atoms with Crippen molar-refractivity contribution in [3.63, 3.8) is 0 Å². The second-order valence-electron chi connectivity index (χ2n) is 10.5. The molecule has 1 aromatic heterocycles. The molecule has 0 unspecified atom stereocenters. The summed E-state index contributed by atoms with van der Waals surface area (Å²) in [5.41, 5.74) is -0.537. The molecule has 2 amide bonds. The van der Waals surface area contributed by atoms with Crippen molar-refractivity contribution in [3.8, 4) is 5.75 Å². The van der Waals surface area contributed by atoms with Gasteiger partial charge in [0.2, 0.25) is 5.91 Å². The molecule has 0 spiro atoms. The van der Waals surface area contributed by atoms with E-state index in [1.165, 1.54) is 11.0 Å². The largest absolute Gasteiger partial charge is 0.484 e. The molecule has 1 fully saturated rings. The van der Waals surface area contributed by atoms with Crippen LogP contribution in [0.1, 0.15) is 56.5 Å². The van der Waals surface area contributed by atoms with Gasteiger partial charge in [0.1, 0.15) is 15.7 Å². The van der Waals surface area contributed by atoms with Gasteiger partial charge in [0.15, 0.2) is 18.2 Å². The average Bonchev–Trinajstić information content (AvgIpc) is 3.00. The van der Waals surface area contributed by atoms with E-state index in [0.717, 1.165) is 12.3 Å². The second kappa shape index (κ2) is 9.00. The maximum Gasteiger partial charge on any atom is 0.278 e. The summed E-state index contributed by atoms with van der Waals surface area (Å²) in [5, 5.41) is 2.93. The Balaban J connectivity index is 1.63. The van der Waals surface area contributed by atoms with Crippen molar-refractivity contribution in [3.05, 3.63) is 47.4 Å². The van der Waals surface area contributed by atoms with Gasteiger partial charge in [-0.25, -0.2) is 26.6 Å². The van der Waals surface area contributed by atoms with Crippen LogP contribution in [0.4, 0.5) is 24.7 Å². The number of aromatic nitrogens is 1. The normalized spacial score (nSPS) is 19.9. The summed E-state index contributed by atoms with van der Waals surface area (Å²) in [5.74, 6) is -5.43. The number of pyridine rings is 1. The molecule has 12 heteroatoms. The minimum Gasteiger partial charge on any atom is -0.484 e. The molecular formula is C25H28F3N3O5S. The Morgan fingerprint density at radius 1 is 1.19 bits per heavy atom. The van der Waals surface area contributed by atoms with Crippen LogP contribution in [-0.2, 0) is 20.0 Å². The number of ether oxygens (including phenoxy) is 1. The van der Waals surface area contributed by atoms with Gasteiger partial charge in [0, 0.05) is 24.1 Å². The molecule has 2 aromatic rings. The zero-order chi connectivity index (χ0) is 27.4. The number of fused-ring (bicyclic) bond motifs is 1. The summed E-state index contributed by atoms with van der Waals surface area (Å²) in [7, 11) is -3.10. The van der Waals surface area contributed by atoms with E-state index in [1.807, 2.05) is 0 Å². The number of benzene rings is 1. The van der Waals surface area contributed by atoms with Gasteiger partial charge in [0.25, 0.3) is 11.8 Å². The topological polar surface area (TPSA) is 106 Å². The zero-order valence-electron chi connectivity index (χ0n) is 20.9. The number of rotatable bonds is 6. The fourth-order valence-corrected chi connectivity index (χ4v) is 6.14. The van der Waals surface area contributed by atoms with Crippen molar-refractivity contribution in [2.75, 3.05) is 23.0 Å². The van der Waals surface area contributed by atoms with Crippen LogP contribution < -0.4 is 15.0 Å². The van der Waals surface area contributed by atoms with Gasteiger partial charge in [-0.15, -0.1) is 0 Å². The highest BCUT2D eigenvalue weighted by Gasteiger charge is 2.46. The molecular weight excluding hydrogens is 511 g/mol. The summed E-state index contributed by atoms with van der Waals surface area (Å²) in [6.45, 7) is 4.73. The first kappa shape index (κ1) is 26.9. The highest BCUT2D eigenvalue weighted by atomic mass is 32.2. The first-order chi connectivity index (χ1) is 17.0. The number of carbonyl (C=O) groups is 2. The van der Waals surface area contributed by atoms with Crippen molar-refractivity contribution in [2.45, 2.75) is 57.4 Å². The zero-order valence-corrected chi connectivity index (χ0v) is 21.7. The van der Waals surface area contributed by atoms with Gasteiger partial charge >= 0.3 is 0 Å². The SMILES string of the molecule is CC(F)(F)COc1cc(N2C(=O)C(C)(C)c3cc(C(=O)NC4(C)CCS(=O)(=O)CC4)ccc32)ncc1F. The Hall–Kier alpha value is -3.15. The van der Waals surface area contributed by atoms with Gasteiger partial charge in [-0.2, -0.15) is 0 Å². The molecule has 0 aliphatic carbocycles. The smallest absolute Gasteiger partial charge is 0.278 e. The summed E-state index contributed by atoms with van der Waals surface area (Å²) in [4.78, 5) is 31.7. The molecule has 2 aliphatic rings. The summed E-state index contributed by atoms with van der Waals surface area (Å²) in [6.07, 6.45) is 1.40. The number of amides is 2. The van der Waals surface area contributed by atoms with Crippen molar-refractivity contribution in [1.29, 1.82) is 0 Å². The van der Waals surface area contributed by atoms with E-state index in [0.29, 0.717) is 31.0 Å². The molecule has 37 heavy (non-hydrogen) atoms. The van der Waals surface area contributed by atoms with Gasteiger partial charge in [-0.1, -0.05) is 0 Å². The number of anilines is 2. The first-order valence-corrected chi connectivity index (χ1v) is 13.5. The molecule has 0 bridgehead atoms.